The Morgan fingerprint density at radius 3 is 2.62 bits per heavy atom. The van der Waals surface area contributed by atoms with E-state index in [-0.39, 0.29) is 5.88 Å². The van der Waals surface area contributed by atoms with E-state index in [0.29, 0.717) is 8.83 Å². The number of halogens is 1. The van der Waals surface area contributed by atoms with Gasteiger partial charge in [0, 0.05) is 4.47 Å². The van der Waals surface area contributed by atoms with Gasteiger partial charge in [0.1, 0.15) is 4.88 Å². The number of aromatic amines is 1. The van der Waals surface area contributed by atoms with Crippen molar-refractivity contribution in [1.82, 2.24) is 4.98 Å². The summed E-state index contributed by atoms with van der Waals surface area (Å²) in [6.45, 7) is 0. The van der Waals surface area contributed by atoms with Crippen LogP contribution in [0.3, 0.4) is 0 Å². The minimum Gasteiger partial charge on any atom is -0.494 e. The summed E-state index contributed by atoms with van der Waals surface area (Å²) in [5.74, 6) is 0.0656. The zero-order valence-corrected chi connectivity index (χ0v) is 11.2. The first-order chi connectivity index (χ1) is 7.65. The highest BCUT2D eigenvalue weighted by molar-refractivity contribution is 9.10. The Balaban J connectivity index is 2.24. The molecule has 82 valence electrons. The lowest BCUT2D eigenvalue weighted by molar-refractivity contribution is 0.456. The third-order valence-electron chi connectivity index (χ3n) is 1.81. The number of thiazole rings is 1. The van der Waals surface area contributed by atoms with Gasteiger partial charge in [0.05, 0.1) is 11.9 Å². The van der Waals surface area contributed by atoms with Gasteiger partial charge in [-0.2, -0.15) is 0 Å². The third kappa shape index (κ3) is 2.78. The molecular weight excluding hydrogens is 308 g/mol. The molecule has 0 radical (unpaired) electrons. The van der Waals surface area contributed by atoms with Gasteiger partial charge in [-0.25, -0.2) is 0 Å². The fraction of sp³-hybridized carbons (Fsp3) is 0. The van der Waals surface area contributed by atoms with Crippen LogP contribution in [0, 0.1) is 3.95 Å². The SMILES string of the molecule is Oc1[nH]c(=S)sc1C=Nc1ccc(Br)cc1. The second-order valence-corrected chi connectivity index (χ2v) is 5.60. The number of hydrogen-bond acceptors (Lipinski definition) is 4. The maximum Gasteiger partial charge on any atom is 0.209 e. The monoisotopic (exact) mass is 314 g/mol. The fourth-order valence-electron chi connectivity index (χ4n) is 1.08. The minimum atomic E-state index is 0.0656. The van der Waals surface area contributed by atoms with Crippen molar-refractivity contribution in [3.63, 3.8) is 0 Å². The number of aromatic nitrogens is 1. The molecule has 0 amide bonds. The number of aliphatic imine (C=N–C) groups is 1. The second-order valence-electron chi connectivity index (χ2n) is 2.96. The van der Waals surface area contributed by atoms with Crippen LogP contribution in [0.4, 0.5) is 5.69 Å². The second kappa shape index (κ2) is 4.90. The molecule has 0 unspecified atom stereocenters. The first-order valence-electron chi connectivity index (χ1n) is 4.37. The molecular formula is C10H7BrN2OS2. The normalized spacial score (nSPS) is 11.1. The Morgan fingerprint density at radius 2 is 2.06 bits per heavy atom. The van der Waals surface area contributed by atoms with Crippen LogP contribution in [0.25, 0.3) is 0 Å². The minimum absolute atomic E-state index is 0.0656. The summed E-state index contributed by atoms with van der Waals surface area (Å²) in [6.07, 6.45) is 1.59. The molecule has 0 spiro atoms. The predicted molar refractivity (Wildman–Crippen MR) is 72.6 cm³/mol. The summed E-state index contributed by atoms with van der Waals surface area (Å²) < 4.78 is 1.54. The van der Waals surface area contributed by atoms with E-state index < -0.39 is 0 Å². The summed E-state index contributed by atoms with van der Waals surface area (Å²) in [6, 6.07) is 7.57. The average Bonchev–Trinajstić information content (AvgIpc) is 2.57. The van der Waals surface area contributed by atoms with E-state index in [1.165, 1.54) is 11.3 Å². The van der Waals surface area contributed by atoms with Crippen molar-refractivity contribution in [2.45, 2.75) is 0 Å². The van der Waals surface area contributed by atoms with E-state index in [9.17, 15) is 5.11 Å². The molecule has 1 aromatic heterocycles. The summed E-state index contributed by atoms with van der Waals surface area (Å²) in [7, 11) is 0. The van der Waals surface area contributed by atoms with E-state index in [4.69, 9.17) is 12.2 Å². The molecule has 2 N–H and O–H groups in total. The zero-order valence-electron chi connectivity index (χ0n) is 7.98. The van der Waals surface area contributed by atoms with E-state index in [1.807, 2.05) is 24.3 Å². The summed E-state index contributed by atoms with van der Waals surface area (Å²) in [4.78, 5) is 7.51. The van der Waals surface area contributed by atoms with Crippen molar-refractivity contribution in [3.05, 3.63) is 37.6 Å². The van der Waals surface area contributed by atoms with Crippen molar-refractivity contribution < 1.29 is 5.11 Å². The van der Waals surface area contributed by atoms with Gasteiger partial charge in [-0.15, -0.1) is 0 Å². The lowest BCUT2D eigenvalue weighted by atomic mass is 10.3. The maximum atomic E-state index is 9.44. The molecule has 6 heteroatoms. The summed E-state index contributed by atoms with van der Waals surface area (Å²) >= 11 is 9.54. The number of nitrogens with zero attached hydrogens (tertiary/aromatic N) is 1. The number of benzene rings is 1. The molecule has 0 aliphatic heterocycles. The van der Waals surface area contributed by atoms with Crippen molar-refractivity contribution in [3.8, 4) is 5.88 Å². The molecule has 0 fully saturated rings. The number of hydrogen-bond donors (Lipinski definition) is 2. The van der Waals surface area contributed by atoms with E-state index in [1.54, 1.807) is 6.21 Å². The summed E-state index contributed by atoms with van der Waals surface area (Å²) in [5, 5.41) is 9.44. The molecule has 0 bridgehead atoms. The molecule has 3 nitrogen and oxygen atoms in total. The fourth-order valence-corrected chi connectivity index (χ4v) is 2.31. The van der Waals surface area contributed by atoms with E-state index in [2.05, 4.69) is 25.9 Å². The quantitative estimate of drug-likeness (QED) is 0.649. The van der Waals surface area contributed by atoms with Gasteiger partial charge in [0.15, 0.2) is 3.95 Å². The molecule has 0 atom stereocenters. The van der Waals surface area contributed by atoms with Crippen LogP contribution < -0.4 is 0 Å². The Morgan fingerprint density at radius 1 is 1.38 bits per heavy atom. The van der Waals surface area contributed by atoms with Crippen molar-refractivity contribution in [2.75, 3.05) is 0 Å². The van der Waals surface area contributed by atoms with Gasteiger partial charge < -0.3 is 10.1 Å². The molecule has 1 heterocycles. The molecule has 2 aromatic rings. The van der Waals surface area contributed by atoms with Gasteiger partial charge in [-0.05, 0) is 36.5 Å². The van der Waals surface area contributed by atoms with Crippen LogP contribution in [0.5, 0.6) is 5.88 Å². The third-order valence-corrected chi connectivity index (χ3v) is 3.50. The highest BCUT2D eigenvalue weighted by Gasteiger charge is 2.00. The van der Waals surface area contributed by atoms with Crippen LogP contribution in [-0.4, -0.2) is 16.3 Å². The van der Waals surface area contributed by atoms with Crippen molar-refractivity contribution in [1.29, 1.82) is 0 Å². The van der Waals surface area contributed by atoms with E-state index in [0.717, 1.165) is 10.2 Å². The molecule has 0 saturated heterocycles. The molecule has 0 aliphatic rings. The average molecular weight is 315 g/mol. The van der Waals surface area contributed by atoms with Gasteiger partial charge in [-0.3, -0.25) is 4.99 Å². The van der Waals surface area contributed by atoms with Gasteiger partial charge in [0.25, 0.3) is 0 Å². The first kappa shape index (κ1) is 11.5. The van der Waals surface area contributed by atoms with E-state index >= 15 is 0 Å². The predicted octanol–water partition coefficient (Wildman–Crippen LogP) is 4.02. The van der Waals surface area contributed by atoms with Crippen LogP contribution >= 0.6 is 39.5 Å². The van der Waals surface area contributed by atoms with Crippen LogP contribution in [-0.2, 0) is 0 Å². The topological polar surface area (TPSA) is 48.4 Å². The highest BCUT2D eigenvalue weighted by Crippen LogP contribution is 2.21. The molecule has 1 aromatic carbocycles. The number of aromatic hydroxyl groups is 1. The van der Waals surface area contributed by atoms with Gasteiger partial charge in [-0.1, -0.05) is 27.3 Å². The van der Waals surface area contributed by atoms with Crippen LogP contribution in [0.1, 0.15) is 4.88 Å². The molecule has 16 heavy (non-hydrogen) atoms. The smallest absolute Gasteiger partial charge is 0.209 e. The molecule has 2 rings (SSSR count). The summed E-state index contributed by atoms with van der Waals surface area (Å²) in [5.41, 5.74) is 0.821. The zero-order chi connectivity index (χ0) is 11.5. The Bertz CT molecular complexity index is 571. The van der Waals surface area contributed by atoms with Gasteiger partial charge in [0.2, 0.25) is 5.88 Å². The van der Waals surface area contributed by atoms with Crippen molar-refractivity contribution in [2.24, 2.45) is 4.99 Å². The van der Waals surface area contributed by atoms with Crippen LogP contribution in [0.2, 0.25) is 0 Å². The lowest BCUT2D eigenvalue weighted by Gasteiger charge is -1.92. The number of rotatable bonds is 2. The van der Waals surface area contributed by atoms with Gasteiger partial charge >= 0.3 is 0 Å². The Hall–Kier alpha value is -0.980. The number of H-pyrrole nitrogens is 1. The van der Waals surface area contributed by atoms with Crippen LogP contribution in [0.15, 0.2) is 33.7 Å². The maximum absolute atomic E-state index is 9.44. The molecule has 0 saturated carbocycles. The highest BCUT2D eigenvalue weighted by atomic mass is 79.9. The Labute approximate surface area is 110 Å². The largest absolute Gasteiger partial charge is 0.494 e. The standard InChI is InChI=1S/C10H7BrN2OS2/c11-6-1-3-7(4-2-6)12-5-8-9(14)13-10(15)16-8/h1-5,14H,(H,13,15). The lowest BCUT2D eigenvalue weighted by Crippen LogP contribution is -1.74. The van der Waals surface area contributed by atoms with Crippen molar-refractivity contribution >= 4 is 51.4 Å². The Kier molecular flexibility index (Phi) is 3.52. The first-order valence-corrected chi connectivity index (χ1v) is 6.38. The molecule has 0 aliphatic carbocycles. The number of nitrogens with one attached hydrogen (secondary N) is 1.